The molecule has 0 aliphatic carbocycles. The molecule has 2 N–H and O–H groups in total. The molecule has 29 heavy (non-hydrogen) atoms. The number of nitrogens with one attached hydrogen (secondary N) is 2. The first kappa shape index (κ1) is 21.0. The zero-order valence-electron chi connectivity index (χ0n) is 16.9. The third-order valence-electron chi connectivity index (χ3n) is 5.55. The number of rotatable bonds is 8. The van der Waals surface area contributed by atoms with Gasteiger partial charge in [0.2, 0.25) is 0 Å². The molecule has 1 saturated heterocycles. The molecule has 0 bridgehead atoms. The average Bonchev–Trinajstić information content (AvgIpc) is 2.76. The van der Waals surface area contributed by atoms with E-state index in [0.29, 0.717) is 24.4 Å². The van der Waals surface area contributed by atoms with Crippen molar-refractivity contribution in [3.05, 3.63) is 69.6 Å². The quantitative estimate of drug-likeness (QED) is 0.674. The molecule has 1 fully saturated rings. The molecule has 1 aromatic carbocycles. The summed E-state index contributed by atoms with van der Waals surface area (Å²) in [4.78, 5) is 37.8. The molecule has 0 unspecified atom stereocenters. The van der Waals surface area contributed by atoms with Crippen LogP contribution in [0.2, 0.25) is 0 Å². The highest BCUT2D eigenvalue weighted by atomic mass is 16.2. The highest BCUT2D eigenvalue weighted by Gasteiger charge is 2.18. The predicted molar refractivity (Wildman–Crippen MR) is 113 cm³/mol. The number of hydrogen-bond donors (Lipinski definition) is 2. The first-order valence-corrected chi connectivity index (χ1v) is 10.3. The Morgan fingerprint density at radius 3 is 2.59 bits per heavy atom. The van der Waals surface area contributed by atoms with Gasteiger partial charge in [-0.15, -0.1) is 0 Å². The Balaban J connectivity index is 1.77. The van der Waals surface area contributed by atoms with Crippen molar-refractivity contribution in [3.8, 4) is 0 Å². The highest BCUT2D eigenvalue weighted by molar-refractivity contribution is 6.00. The molecule has 0 radical (unpaired) electrons. The summed E-state index contributed by atoms with van der Waals surface area (Å²) in [5.41, 5.74) is 0.976. The normalized spacial score (nSPS) is 14.5. The molecule has 1 aliphatic rings. The topological polar surface area (TPSA) is 80.2 Å². The average molecular weight is 396 g/mol. The summed E-state index contributed by atoms with van der Waals surface area (Å²) in [6, 6.07) is 11.0. The Kier molecular flexibility index (Phi) is 7.36. The maximum absolute atomic E-state index is 12.8. The third kappa shape index (κ3) is 5.64. The number of aromatic nitrogens is 1. The van der Waals surface area contributed by atoms with Gasteiger partial charge in [-0.2, -0.15) is 0 Å². The lowest BCUT2D eigenvalue weighted by atomic mass is 9.91. The van der Waals surface area contributed by atoms with E-state index in [9.17, 15) is 14.4 Å². The molecule has 1 aromatic heterocycles. The van der Waals surface area contributed by atoms with Gasteiger partial charge >= 0.3 is 0 Å². The van der Waals surface area contributed by atoms with Crippen LogP contribution in [0.4, 0.5) is 0 Å². The monoisotopic (exact) mass is 395 g/mol. The van der Waals surface area contributed by atoms with Crippen molar-refractivity contribution in [2.24, 2.45) is 5.92 Å². The van der Waals surface area contributed by atoms with Gasteiger partial charge in [0.1, 0.15) is 5.56 Å². The number of carbonyl (C=O) groups excluding carboxylic acids is 2. The van der Waals surface area contributed by atoms with Gasteiger partial charge in [-0.05, 0) is 56.3 Å². The standard InChI is InChI=1S/C23H29N3O3/c1-24-22(28)20-14-19(21(27)9-5-8-17-10-12-25-13-11-17)16-26(23(20)29)15-18-6-3-2-4-7-18/h2-4,6-7,14,16-17,25H,5,8-13,15H2,1H3,(H,24,28). The Morgan fingerprint density at radius 2 is 1.90 bits per heavy atom. The van der Waals surface area contributed by atoms with Crippen LogP contribution in [0.5, 0.6) is 0 Å². The summed E-state index contributed by atoms with van der Waals surface area (Å²) in [6.45, 7) is 2.43. The van der Waals surface area contributed by atoms with E-state index >= 15 is 0 Å². The molecular formula is C23H29N3O3. The molecule has 6 heteroatoms. The summed E-state index contributed by atoms with van der Waals surface area (Å²) >= 11 is 0. The largest absolute Gasteiger partial charge is 0.355 e. The molecule has 1 aliphatic heterocycles. The number of hydrogen-bond acceptors (Lipinski definition) is 4. The van der Waals surface area contributed by atoms with E-state index < -0.39 is 5.91 Å². The van der Waals surface area contributed by atoms with Crippen LogP contribution in [0.1, 0.15) is 58.4 Å². The van der Waals surface area contributed by atoms with Crippen molar-refractivity contribution in [1.29, 1.82) is 0 Å². The minimum Gasteiger partial charge on any atom is -0.355 e. The Labute approximate surface area is 171 Å². The molecule has 6 nitrogen and oxygen atoms in total. The van der Waals surface area contributed by atoms with Crippen molar-refractivity contribution in [3.63, 3.8) is 0 Å². The molecule has 0 atom stereocenters. The van der Waals surface area contributed by atoms with Gasteiger partial charge in [-0.3, -0.25) is 14.4 Å². The summed E-state index contributed by atoms with van der Waals surface area (Å²) in [6.07, 6.45) is 6.22. The van der Waals surface area contributed by atoms with Crippen molar-refractivity contribution in [1.82, 2.24) is 15.2 Å². The third-order valence-corrected chi connectivity index (χ3v) is 5.55. The Hall–Kier alpha value is -2.73. The smallest absolute Gasteiger partial charge is 0.263 e. The van der Waals surface area contributed by atoms with Gasteiger partial charge in [0.25, 0.3) is 11.5 Å². The Bertz CT molecular complexity index is 899. The molecule has 154 valence electrons. The lowest BCUT2D eigenvalue weighted by Crippen LogP contribution is -2.32. The summed E-state index contributed by atoms with van der Waals surface area (Å²) < 4.78 is 1.46. The fraction of sp³-hybridized carbons (Fsp3) is 0.435. The maximum Gasteiger partial charge on any atom is 0.263 e. The number of pyridine rings is 1. The van der Waals surface area contributed by atoms with E-state index in [1.54, 1.807) is 6.20 Å². The minimum absolute atomic E-state index is 0.00707. The van der Waals surface area contributed by atoms with Crippen molar-refractivity contribution < 1.29 is 9.59 Å². The number of benzene rings is 1. The van der Waals surface area contributed by atoms with Crippen LogP contribution < -0.4 is 16.2 Å². The first-order valence-electron chi connectivity index (χ1n) is 10.3. The lowest BCUT2D eigenvalue weighted by molar-refractivity contribution is 0.0961. The van der Waals surface area contributed by atoms with Crippen molar-refractivity contribution >= 4 is 11.7 Å². The number of Topliss-reactive ketones (excluding diaryl/α,β-unsaturated/α-hetero) is 1. The fourth-order valence-electron chi connectivity index (χ4n) is 3.85. The van der Waals surface area contributed by atoms with Crippen LogP contribution >= 0.6 is 0 Å². The number of nitrogens with zero attached hydrogens (tertiary/aromatic N) is 1. The van der Waals surface area contributed by atoms with E-state index in [1.807, 2.05) is 30.3 Å². The van der Waals surface area contributed by atoms with E-state index in [1.165, 1.54) is 17.7 Å². The molecule has 2 heterocycles. The molecule has 2 aromatic rings. The van der Waals surface area contributed by atoms with Crippen LogP contribution in [0, 0.1) is 5.92 Å². The van der Waals surface area contributed by atoms with Crippen LogP contribution in [-0.2, 0) is 6.54 Å². The predicted octanol–water partition coefficient (Wildman–Crippen LogP) is 2.61. The van der Waals surface area contributed by atoms with Crippen molar-refractivity contribution in [2.45, 2.75) is 38.6 Å². The van der Waals surface area contributed by atoms with Crippen molar-refractivity contribution in [2.75, 3.05) is 20.1 Å². The second-order valence-corrected chi connectivity index (χ2v) is 7.65. The molecule has 0 saturated carbocycles. The summed E-state index contributed by atoms with van der Waals surface area (Å²) in [5.74, 6) is 0.185. The van der Waals surface area contributed by atoms with Gasteiger partial charge in [0, 0.05) is 25.2 Å². The number of piperidine rings is 1. The van der Waals surface area contributed by atoms with Gasteiger partial charge in [-0.1, -0.05) is 30.3 Å². The molecule has 3 rings (SSSR count). The van der Waals surface area contributed by atoms with Crippen LogP contribution in [0.25, 0.3) is 0 Å². The van der Waals surface area contributed by atoms with E-state index in [2.05, 4.69) is 10.6 Å². The van der Waals surface area contributed by atoms with Crippen LogP contribution in [-0.4, -0.2) is 36.4 Å². The van der Waals surface area contributed by atoms with E-state index in [-0.39, 0.29) is 16.9 Å². The number of ketones is 1. The summed E-state index contributed by atoms with van der Waals surface area (Å²) in [7, 11) is 1.48. The molecule has 1 amide bonds. The summed E-state index contributed by atoms with van der Waals surface area (Å²) in [5, 5.41) is 5.85. The van der Waals surface area contributed by atoms with E-state index in [0.717, 1.165) is 44.3 Å². The van der Waals surface area contributed by atoms with Gasteiger partial charge in [0.15, 0.2) is 5.78 Å². The fourth-order valence-corrected chi connectivity index (χ4v) is 3.85. The SMILES string of the molecule is CNC(=O)c1cc(C(=O)CCCC2CCNCC2)cn(Cc2ccccc2)c1=O. The molecule has 0 spiro atoms. The molecular weight excluding hydrogens is 366 g/mol. The zero-order chi connectivity index (χ0) is 20.6. The number of carbonyl (C=O) groups is 2. The first-order chi connectivity index (χ1) is 14.1. The van der Waals surface area contributed by atoms with Gasteiger partial charge < -0.3 is 15.2 Å². The van der Waals surface area contributed by atoms with E-state index in [4.69, 9.17) is 0 Å². The second-order valence-electron chi connectivity index (χ2n) is 7.65. The highest BCUT2D eigenvalue weighted by Crippen LogP contribution is 2.19. The lowest BCUT2D eigenvalue weighted by Gasteiger charge is -2.22. The van der Waals surface area contributed by atoms with Gasteiger partial charge in [-0.25, -0.2) is 0 Å². The Morgan fingerprint density at radius 1 is 1.17 bits per heavy atom. The number of amides is 1. The minimum atomic E-state index is -0.471. The van der Waals surface area contributed by atoms with Gasteiger partial charge in [0.05, 0.1) is 6.54 Å². The second kappa shape index (κ2) is 10.2. The van der Waals surface area contributed by atoms with Crippen LogP contribution in [0.3, 0.4) is 0 Å². The van der Waals surface area contributed by atoms with Crippen LogP contribution in [0.15, 0.2) is 47.4 Å². The maximum atomic E-state index is 12.8. The zero-order valence-corrected chi connectivity index (χ0v) is 16.9.